The van der Waals surface area contributed by atoms with Crippen LogP contribution in [0.2, 0.25) is 0 Å². The summed E-state index contributed by atoms with van der Waals surface area (Å²) in [5.74, 6) is 1.10. The van der Waals surface area contributed by atoms with Crippen LogP contribution in [0, 0.1) is 0 Å². The minimum atomic E-state index is -0.0632. The van der Waals surface area contributed by atoms with Crippen molar-refractivity contribution in [1.82, 2.24) is 4.90 Å². The number of rotatable bonds is 7. The van der Waals surface area contributed by atoms with Crippen LogP contribution in [-0.4, -0.2) is 25.0 Å². The second kappa shape index (κ2) is 8.90. The predicted octanol–water partition coefficient (Wildman–Crippen LogP) is 4.55. The van der Waals surface area contributed by atoms with Crippen LogP contribution < -0.4 is 9.47 Å². The lowest BCUT2D eigenvalue weighted by Crippen LogP contribution is -2.26. The van der Waals surface area contributed by atoms with Crippen molar-refractivity contribution in [3.05, 3.63) is 95.6 Å². The van der Waals surface area contributed by atoms with E-state index in [0.717, 1.165) is 11.1 Å². The highest BCUT2D eigenvalue weighted by Gasteiger charge is 2.15. The molecule has 0 aliphatic heterocycles. The Balaban J connectivity index is 1.70. The summed E-state index contributed by atoms with van der Waals surface area (Å²) in [6, 6.07) is 25.1. The fourth-order valence-electron chi connectivity index (χ4n) is 2.80. The lowest BCUT2D eigenvalue weighted by Gasteiger charge is -2.18. The summed E-state index contributed by atoms with van der Waals surface area (Å²) in [5, 5.41) is 0. The molecule has 1 amide bonds. The van der Waals surface area contributed by atoms with Gasteiger partial charge in [-0.3, -0.25) is 4.79 Å². The average molecular weight is 361 g/mol. The van der Waals surface area contributed by atoms with Gasteiger partial charge in [0.15, 0.2) is 11.5 Å². The fraction of sp³-hybridized carbons (Fsp3) is 0.174. The maximum Gasteiger partial charge on any atom is 0.254 e. The van der Waals surface area contributed by atoms with Gasteiger partial charge < -0.3 is 14.4 Å². The van der Waals surface area contributed by atoms with E-state index in [1.807, 2.05) is 60.7 Å². The topological polar surface area (TPSA) is 38.8 Å². The van der Waals surface area contributed by atoms with Crippen molar-refractivity contribution in [3.8, 4) is 11.5 Å². The molecule has 0 aromatic heterocycles. The largest absolute Gasteiger partial charge is 0.493 e. The van der Waals surface area contributed by atoms with Crippen molar-refractivity contribution in [3.63, 3.8) is 0 Å². The highest BCUT2D eigenvalue weighted by atomic mass is 16.5. The second-order valence-electron chi connectivity index (χ2n) is 6.29. The molecule has 0 atom stereocenters. The first-order valence-corrected chi connectivity index (χ1v) is 8.81. The van der Waals surface area contributed by atoms with Crippen LogP contribution in [0.4, 0.5) is 0 Å². The Hall–Kier alpha value is -3.27. The number of hydrogen-bond acceptors (Lipinski definition) is 3. The second-order valence-corrected chi connectivity index (χ2v) is 6.29. The number of hydrogen-bond donors (Lipinski definition) is 0. The van der Waals surface area contributed by atoms with Gasteiger partial charge in [0.05, 0.1) is 7.11 Å². The number of carbonyl (C=O) groups excluding carboxylic acids is 1. The van der Waals surface area contributed by atoms with Crippen molar-refractivity contribution < 1.29 is 14.3 Å². The molecule has 0 aliphatic carbocycles. The molecule has 3 aromatic carbocycles. The Morgan fingerprint density at radius 2 is 1.48 bits per heavy atom. The normalized spacial score (nSPS) is 10.3. The van der Waals surface area contributed by atoms with Gasteiger partial charge in [0.2, 0.25) is 0 Å². The Kier molecular flexibility index (Phi) is 6.10. The molecule has 0 spiro atoms. The predicted molar refractivity (Wildman–Crippen MR) is 106 cm³/mol. The van der Waals surface area contributed by atoms with Crippen LogP contribution in [0.5, 0.6) is 11.5 Å². The maximum absolute atomic E-state index is 12.7. The summed E-state index contributed by atoms with van der Waals surface area (Å²) in [5.41, 5.74) is 2.72. The molecule has 0 aliphatic rings. The highest BCUT2D eigenvalue weighted by molar-refractivity contribution is 5.94. The lowest BCUT2D eigenvalue weighted by atomic mass is 10.1. The molecule has 4 nitrogen and oxygen atoms in total. The molecule has 0 bridgehead atoms. The molecule has 3 aromatic rings. The SMILES string of the molecule is COc1cc(C(=O)N(C)Cc2ccccc2)ccc1OCc1ccccc1. The van der Waals surface area contributed by atoms with Gasteiger partial charge in [0.25, 0.3) is 5.91 Å². The zero-order chi connectivity index (χ0) is 19.1. The average Bonchev–Trinajstić information content (AvgIpc) is 2.73. The van der Waals surface area contributed by atoms with E-state index < -0.39 is 0 Å². The number of ether oxygens (including phenoxy) is 2. The molecular weight excluding hydrogens is 338 g/mol. The Bertz CT molecular complexity index is 879. The van der Waals surface area contributed by atoms with Crippen molar-refractivity contribution in [1.29, 1.82) is 0 Å². The number of methoxy groups -OCH3 is 1. The van der Waals surface area contributed by atoms with E-state index in [1.54, 1.807) is 37.3 Å². The Morgan fingerprint density at radius 3 is 2.11 bits per heavy atom. The van der Waals surface area contributed by atoms with Gasteiger partial charge >= 0.3 is 0 Å². The summed E-state index contributed by atoms with van der Waals surface area (Å²) in [7, 11) is 3.37. The van der Waals surface area contributed by atoms with Crippen LogP contribution in [0.1, 0.15) is 21.5 Å². The third kappa shape index (κ3) is 4.88. The lowest BCUT2D eigenvalue weighted by molar-refractivity contribution is 0.0784. The van der Waals surface area contributed by atoms with E-state index in [9.17, 15) is 4.79 Å². The third-order valence-electron chi connectivity index (χ3n) is 4.26. The molecule has 0 saturated carbocycles. The molecule has 0 saturated heterocycles. The summed E-state index contributed by atoms with van der Waals surface area (Å²) < 4.78 is 11.3. The van der Waals surface area contributed by atoms with Gasteiger partial charge in [-0.1, -0.05) is 60.7 Å². The molecule has 4 heteroatoms. The fourth-order valence-corrected chi connectivity index (χ4v) is 2.80. The minimum Gasteiger partial charge on any atom is -0.493 e. The Labute approximate surface area is 160 Å². The molecule has 0 fully saturated rings. The van der Waals surface area contributed by atoms with Crippen LogP contribution >= 0.6 is 0 Å². The number of benzene rings is 3. The molecule has 138 valence electrons. The van der Waals surface area contributed by atoms with Gasteiger partial charge in [0.1, 0.15) is 6.61 Å². The van der Waals surface area contributed by atoms with Crippen molar-refractivity contribution in [2.75, 3.05) is 14.2 Å². The minimum absolute atomic E-state index is 0.0632. The van der Waals surface area contributed by atoms with Crippen LogP contribution in [0.25, 0.3) is 0 Å². The zero-order valence-electron chi connectivity index (χ0n) is 15.6. The van der Waals surface area contributed by atoms with Crippen LogP contribution in [0.3, 0.4) is 0 Å². The van der Waals surface area contributed by atoms with E-state index >= 15 is 0 Å². The van der Waals surface area contributed by atoms with Gasteiger partial charge in [-0.15, -0.1) is 0 Å². The van der Waals surface area contributed by atoms with Crippen molar-refractivity contribution >= 4 is 5.91 Å². The molecule has 0 heterocycles. The molecular formula is C23H23NO3. The van der Waals surface area contributed by atoms with Crippen molar-refractivity contribution in [2.45, 2.75) is 13.2 Å². The highest BCUT2D eigenvalue weighted by Crippen LogP contribution is 2.29. The standard InChI is InChI=1S/C23H23NO3/c1-24(16-18-9-5-3-6-10-18)23(25)20-13-14-21(22(15-20)26-2)27-17-19-11-7-4-8-12-19/h3-15H,16-17H2,1-2H3. The number of carbonyl (C=O) groups is 1. The Morgan fingerprint density at radius 1 is 0.852 bits per heavy atom. The van der Waals surface area contributed by atoms with E-state index in [-0.39, 0.29) is 5.91 Å². The van der Waals surface area contributed by atoms with Gasteiger partial charge in [-0.25, -0.2) is 0 Å². The monoisotopic (exact) mass is 361 g/mol. The molecule has 0 unspecified atom stereocenters. The number of nitrogens with zero attached hydrogens (tertiary/aromatic N) is 1. The van der Waals surface area contributed by atoms with Gasteiger partial charge in [-0.05, 0) is 29.3 Å². The molecule has 3 rings (SSSR count). The molecule has 0 radical (unpaired) electrons. The number of amides is 1. The van der Waals surface area contributed by atoms with E-state index in [4.69, 9.17) is 9.47 Å². The van der Waals surface area contributed by atoms with E-state index in [0.29, 0.717) is 30.2 Å². The zero-order valence-corrected chi connectivity index (χ0v) is 15.6. The van der Waals surface area contributed by atoms with Crippen LogP contribution in [0.15, 0.2) is 78.9 Å². The summed E-state index contributed by atoms with van der Waals surface area (Å²) in [4.78, 5) is 14.4. The van der Waals surface area contributed by atoms with E-state index in [1.165, 1.54) is 0 Å². The maximum atomic E-state index is 12.7. The molecule has 0 N–H and O–H groups in total. The van der Waals surface area contributed by atoms with E-state index in [2.05, 4.69) is 0 Å². The van der Waals surface area contributed by atoms with Gasteiger partial charge in [-0.2, -0.15) is 0 Å². The first kappa shape index (κ1) is 18.5. The summed E-state index contributed by atoms with van der Waals surface area (Å²) >= 11 is 0. The summed E-state index contributed by atoms with van der Waals surface area (Å²) in [6.07, 6.45) is 0. The smallest absolute Gasteiger partial charge is 0.254 e. The summed E-state index contributed by atoms with van der Waals surface area (Å²) in [6.45, 7) is 0.993. The molecule has 27 heavy (non-hydrogen) atoms. The third-order valence-corrected chi connectivity index (χ3v) is 4.26. The van der Waals surface area contributed by atoms with Gasteiger partial charge in [0, 0.05) is 19.2 Å². The quantitative estimate of drug-likeness (QED) is 0.620. The first-order chi connectivity index (χ1) is 13.2. The van der Waals surface area contributed by atoms with Crippen molar-refractivity contribution in [2.24, 2.45) is 0 Å². The first-order valence-electron chi connectivity index (χ1n) is 8.81. The van der Waals surface area contributed by atoms with Crippen LogP contribution in [-0.2, 0) is 13.2 Å².